The van der Waals surface area contributed by atoms with Crippen molar-refractivity contribution in [2.24, 2.45) is 0 Å². The van der Waals surface area contributed by atoms with Crippen LogP contribution in [-0.2, 0) is 20.4 Å². The quantitative estimate of drug-likeness (QED) is 0.200. The minimum Gasteiger partial charge on any atom is -0.330 e. The first-order valence-corrected chi connectivity index (χ1v) is 12.2. The molecule has 34 heavy (non-hydrogen) atoms. The fourth-order valence-corrected chi connectivity index (χ4v) is 4.31. The number of alkyl halides is 3. The van der Waals surface area contributed by atoms with Crippen LogP contribution in [0, 0.1) is 0 Å². The van der Waals surface area contributed by atoms with Crippen molar-refractivity contribution in [3.05, 3.63) is 59.7 Å². The molecule has 0 N–H and O–H groups in total. The fourth-order valence-electron chi connectivity index (χ4n) is 4.31. The zero-order valence-electron chi connectivity index (χ0n) is 21.1. The van der Waals surface area contributed by atoms with Gasteiger partial charge in [0.1, 0.15) is 0 Å². The van der Waals surface area contributed by atoms with Crippen LogP contribution >= 0.6 is 0 Å². The van der Waals surface area contributed by atoms with E-state index >= 15 is 0 Å². The molecule has 2 rings (SSSR count). The number of ether oxygens (including phenoxy) is 3. The number of halogens is 3. The van der Waals surface area contributed by atoms with E-state index in [-0.39, 0.29) is 12.0 Å². The summed E-state index contributed by atoms with van der Waals surface area (Å²) < 4.78 is 56.5. The van der Waals surface area contributed by atoms with Gasteiger partial charge in [-0.05, 0) is 49.1 Å². The van der Waals surface area contributed by atoms with E-state index in [0.717, 1.165) is 48.1 Å². The van der Waals surface area contributed by atoms with Crippen molar-refractivity contribution in [3.8, 4) is 11.1 Å². The lowest BCUT2D eigenvalue weighted by Gasteiger charge is -2.39. The van der Waals surface area contributed by atoms with E-state index in [9.17, 15) is 13.2 Å². The number of benzene rings is 2. The van der Waals surface area contributed by atoms with E-state index in [1.54, 1.807) is 14.2 Å². The summed E-state index contributed by atoms with van der Waals surface area (Å²) in [5.74, 6) is -1.37. The van der Waals surface area contributed by atoms with E-state index in [4.69, 9.17) is 14.2 Å². The first-order valence-electron chi connectivity index (χ1n) is 12.2. The molecule has 0 aromatic heterocycles. The van der Waals surface area contributed by atoms with Crippen molar-refractivity contribution in [2.45, 2.75) is 89.9 Å². The molecule has 0 saturated carbocycles. The SMILES string of the molecule is CCCCCCCCC(c1ccc(-c2ccc(C(F)(F)F)cc2)cc1)C(OC)(OC)OC(C)C. The second-order valence-electron chi connectivity index (χ2n) is 8.98. The van der Waals surface area contributed by atoms with E-state index in [0.29, 0.717) is 0 Å². The standard InChI is InChI=1S/C28H39F3O3/c1-6-7-8-9-10-11-12-26(28(32-4,33-5)34-21(2)3)24-15-13-22(14-16-24)23-17-19-25(20-18-23)27(29,30)31/h13-21,26H,6-12H2,1-5H3. The highest BCUT2D eigenvalue weighted by Gasteiger charge is 2.42. The molecule has 0 aliphatic heterocycles. The summed E-state index contributed by atoms with van der Waals surface area (Å²) in [6, 6.07) is 13.1. The highest BCUT2D eigenvalue weighted by Crippen LogP contribution is 2.39. The summed E-state index contributed by atoms with van der Waals surface area (Å²) in [5, 5.41) is 0. The molecule has 2 aromatic carbocycles. The highest BCUT2D eigenvalue weighted by atomic mass is 19.4. The van der Waals surface area contributed by atoms with Crippen molar-refractivity contribution in [2.75, 3.05) is 14.2 Å². The maximum Gasteiger partial charge on any atom is 0.416 e. The normalized spacial score (nSPS) is 13.4. The molecule has 190 valence electrons. The molecule has 0 radical (unpaired) electrons. The minimum absolute atomic E-state index is 0.0987. The number of hydrogen-bond donors (Lipinski definition) is 0. The molecule has 1 atom stereocenters. The Morgan fingerprint density at radius 3 is 1.71 bits per heavy atom. The summed E-state index contributed by atoms with van der Waals surface area (Å²) in [6.45, 7) is 6.10. The molecule has 0 aliphatic rings. The summed E-state index contributed by atoms with van der Waals surface area (Å²) in [6.07, 6.45) is 3.45. The Balaban J connectivity index is 2.26. The topological polar surface area (TPSA) is 27.7 Å². The molecule has 0 aliphatic carbocycles. The van der Waals surface area contributed by atoms with Gasteiger partial charge < -0.3 is 14.2 Å². The third kappa shape index (κ3) is 7.82. The first-order chi connectivity index (χ1) is 16.2. The van der Waals surface area contributed by atoms with Gasteiger partial charge in [-0.25, -0.2) is 0 Å². The molecular weight excluding hydrogens is 441 g/mol. The van der Waals surface area contributed by atoms with Gasteiger partial charge in [0, 0.05) is 14.2 Å². The van der Waals surface area contributed by atoms with Crippen LogP contribution in [0.1, 0.15) is 82.8 Å². The average Bonchev–Trinajstić information content (AvgIpc) is 2.82. The Morgan fingerprint density at radius 2 is 1.24 bits per heavy atom. The third-order valence-electron chi connectivity index (χ3n) is 6.10. The van der Waals surface area contributed by atoms with Crippen LogP contribution in [-0.4, -0.2) is 26.3 Å². The zero-order valence-corrected chi connectivity index (χ0v) is 21.1. The molecule has 6 heteroatoms. The smallest absolute Gasteiger partial charge is 0.330 e. The van der Waals surface area contributed by atoms with Crippen LogP contribution < -0.4 is 0 Å². The van der Waals surface area contributed by atoms with Crippen LogP contribution in [0.15, 0.2) is 48.5 Å². The summed E-state index contributed by atoms with van der Waals surface area (Å²) >= 11 is 0. The lowest BCUT2D eigenvalue weighted by atomic mass is 9.89. The van der Waals surface area contributed by atoms with Crippen molar-refractivity contribution in [3.63, 3.8) is 0 Å². The Hall–Kier alpha value is -1.89. The molecular formula is C28H39F3O3. The number of hydrogen-bond acceptors (Lipinski definition) is 3. The van der Waals surface area contributed by atoms with Crippen molar-refractivity contribution in [1.82, 2.24) is 0 Å². The lowest BCUT2D eigenvalue weighted by molar-refractivity contribution is -0.385. The van der Waals surface area contributed by atoms with Crippen molar-refractivity contribution >= 4 is 0 Å². The van der Waals surface area contributed by atoms with Crippen LogP contribution in [0.3, 0.4) is 0 Å². The minimum atomic E-state index is -4.34. The van der Waals surface area contributed by atoms with Crippen molar-refractivity contribution in [1.29, 1.82) is 0 Å². The number of unbranched alkanes of at least 4 members (excludes halogenated alkanes) is 5. The van der Waals surface area contributed by atoms with Crippen LogP contribution in [0.2, 0.25) is 0 Å². The second kappa shape index (κ2) is 13.3. The van der Waals surface area contributed by atoms with E-state index in [2.05, 4.69) is 6.92 Å². The number of rotatable bonds is 14. The second-order valence-corrected chi connectivity index (χ2v) is 8.98. The fraction of sp³-hybridized carbons (Fsp3) is 0.571. The predicted octanol–water partition coefficient (Wildman–Crippen LogP) is 8.58. The van der Waals surface area contributed by atoms with Crippen LogP contribution in [0.5, 0.6) is 0 Å². The Labute approximate surface area is 202 Å². The maximum atomic E-state index is 12.9. The third-order valence-corrected chi connectivity index (χ3v) is 6.10. The van der Waals surface area contributed by atoms with E-state index in [1.165, 1.54) is 37.8 Å². The molecule has 0 fully saturated rings. The van der Waals surface area contributed by atoms with Crippen LogP contribution in [0.4, 0.5) is 13.2 Å². The molecule has 0 amide bonds. The van der Waals surface area contributed by atoms with Gasteiger partial charge in [0.05, 0.1) is 17.6 Å². The summed E-state index contributed by atoms with van der Waals surface area (Å²) in [4.78, 5) is 0. The Morgan fingerprint density at radius 1 is 0.735 bits per heavy atom. The van der Waals surface area contributed by atoms with Gasteiger partial charge in [-0.1, -0.05) is 81.8 Å². The molecule has 0 spiro atoms. The largest absolute Gasteiger partial charge is 0.416 e. The Bertz CT molecular complexity index is 825. The first kappa shape index (κ1) is 28.3. The maximum absolute atomic E-state index is 12.9. The highest BCUT2D eigenvalue weighted by molar-refractivity contribution is 5.64. The zero-order chi connectivity index (χ0) is 25.2. The van der Waals surface area contributed by atoms with Gasteiger partial charge in [-0.15, -0.1) is 0 Å². The molecule has 2 aromatic rings. The van der Waals surface area contributed by atoms with Gasteiger partial charge in [0.15, 0.2) is 0 Å². The van der Waals surface area contributed by atoms with Crippen molar-refractivity contribution < 1.29 is 27.4 Å². The molecule has 3 nitrogen and oxygen atoms in total. The average molecular weight is 481 g/mol. The van der Waals surface area contributed by atoms with Gasteiger partial charge >= 0.3 is 6.18 Å². The van der Waals surface area contributed by atoms with Gasteiger partial charge in [0.2, 0.25) is 0 Å². The van der Waals surface area contributed by atoms with Crippen LogP contribution in [0.25, 0.3) is 11.1 Å². The molecule has 0 heterocycles. The van der Waals surface area contributed by atoms with E-state index in [1.807, 2.05) is 38.1 Å². The molecule has 0 bridgehead atoms. The summed E-state index contributed by atoms with van der Waals surface area (Å²) in [5.41, 5.74) is 1.94. The lowest BCUT2D eigenvalue weighted by Crippen LogP contribution is -2.45. The molecule has 0 saturated heterocycles. The van der Waals surface area contributed by atoms with Gasteiger partial charge in [0.25, 0.3) is 5.97 Å². The van der Waals surface area contributed by atoms with E-state index < -0.39 is 17.7 Å². The van der Waals surface area contributed by atoms with Gasteiger partial charge in [-0.3, -0.25) is 0 Å². The molecule has 1 unspecified atom stereocenters. The summed E-state index contributed by atoms with van der Waals surface area (Å²) in [7, 11) is 3.19. The number of methoxy groups -OCH3 is 2. The predicted molar refractivity (Wildman–Crippen MR) is 131 cm³/mol. The Kier molecular flexibility index (Phi) is 11.1. The monoisotopic (exact) mass is 480 g/mol. The van der Waals surface area contributed by atoms with Gasteiger partial charge in [-0.2, -0.15) is 13.2 Å².